The van der Waals surface area contributed by atoms with Crippen LogP contribution < -0.4 is 0 Å². The molecule has 31 heavy (non-hydrogen) atoms. The van der Waals surface area contributed by atoms with E-state index in [1.807, 2.05) is 7.05 Å². The van der Waals surface area contributed by atoms with E-state index in [0.29, 0.717) is 19.6 Å². The lowest BCUT2D eigenvalue weighted by atomic mass is 10.0. The number of ether oxygens (including phenoxy) is 5. The van der Waals surface area contributed by atoms with E-state index in [4.69, 9.17) is 23.7 Å². The van der Waals surface area contributed by atoms with E-state index in [0.717, 1.165) is 18.6 Å². The fraction of sp³-hybridized carbons (Fsp3) is 0.957. The normalized spacial score (nSPS) is 15.5. The van der Waals surface area contributed by atoms with Crippen molar-refractivity contribution in [2.24, 2.45) is 0 Å². The van der Waals surface area contributed by atoms with Crippen molar-refractivity contribution in [1.29, 1.82) is 0 Å². The molecule has 0 N–H and O–H groups in total. The SMILES string of the molecule is COC[C@@H](OC)[C@@H](OC)[C@H](OC)[C@H](CN(C)C(=O)CCCCCCCCCCS)OC. The van der Waals surface area contributed by atoms with Gasteiger partial charge in [-0.3, -0.25) is 4.79 Å². The first-order chi connectivity index (χ1) is 15.0. The Morgan fingerprint density at radius 2 is 1.23 bits per heavy atom. The lowest BCUT2D eigenvalue weighted by Gasteiger charge is -2.36. The highest BCUT2D eigenvalue weighted by Crippen LogP contribution is 2.18. The molecule has 0 spiro atoms. The highest BCUT2D eigenvalue weighted by molar-refractivity contribution is 7.80. The van der Waals surface area contributed by atoms with E-state index >= 15 is 0 Å². The number of unbranched alkanes of at least 4 members (excludes halogenated alkanes) is 7. The van der Waals surface area contributed by atoms with Crippen molar-refractivity contribution in [2.45, 2.75) is 82.2 Å². The van der Waals surface area contributed by atoms with E-state index in [9.17, 15) is 4.79 Å². The molecule has 0 aromatic rings. The third-order valence-electron chi connectivity index (χ3n) is 5.72. The van der Waals surface area contributed by atoms with Crippen LogP contribution in [0.4, 0.5) is 0 Å². The number of rotatable bonds is 21. The van der Waals surface area contributed by atoms with E-state index in [2.05, 4.69) is 12.6 Å². The number of carbonyl (C=O) groups is 1. The van der Waals surface area contributed by atoms with Crippen molar-refractivity contribution >= 4 is 18.5 Å². The van der Waals surface area contributed by atoms with Crippen LogP contribution in [-0.4, -0.2) is 96.7 Å². The summed E-state index contributed by atoms with van der Waals surface area (Å²) in [5.74, 6) is 1.11. The smallest absolute Gasteiger partial charge is 0.222 e. The number of thiol groups is 1. The number of hydrogen-bond acceptors (Lipinski definition) is 7. The molecule has 0 fully saturated rings. The minimum Gasteiger partial charge on any atom is -0.382 e. The van der Waals surface area contributed by atoms with E-state index in [1.54, 1.807) is 40.4 Å². The van der Waals surface area contributed by atoms with Crippen LogP contribution in [0, 0.1) is 0 Å². The molecule has 0 saturated carbocycles. The maximum absolute atomic E-state index is 12.6. The Hall–Kier alpha value is -0.380. The standard InChI is InChI=1S/C23H47NO6S/c1-24(21(25)15-13-11-9-7-8-10-12-14-16-31)17-19(27-3)22(29-5)23(30-6)20(28-4)18-26-2/h19-20,22-23,31H,7-18H2,1-6H3/t19-,20+,22+,23+/m0/s1. The number of amides is 1. The number of methoxy groups -OCH3 is 5. The van der Waals surface area contributed by atoms with Gasteiger partial charge in [-0.1, -0.05) is 38.5 Å². The second kappa shape index (κ2) is 20.2. The molecular formula is C23H47NO6S. The fourth-order valence-corrected chi connectivity index (χ4v) is 4.00. The molecule has 0 bridgehead atoms. The van der Waals surface area contributed by atoms with Crippen LogP contribution in [0.3, 0.4) is 0 Å². The number of nitrogens with zero attached hydrogens (tertiary/aromatic N) is 1. The van der Waals surface area contributed by atoms with Crippen molar-refractivity contribution in [3.8, 4) is 0 Å². The molecule has 0 aliphatic rings. The van der Waals surface area contributed by atoms with Crippen LogP contribution in [0.1, 0.15) is 57.8 Å². The average Bonchev–Trinajstić information content (AvgIpc) is 2.78. The van der Waals surface area contributed by atoms with Gasteiger partial charge in [-0.15, -0.1) is 0 Å². The molecule has 0 aliphatic heterocycles. The van der Waals surface area contributed by atoms with Gasteiger partial charge in [0.25, 0.3) is 0 Å². The summed E-state index contributed by atoms with van der Waals surface area (Å²) < 4.78 is 27.8. The third-order valence-corrected chi connectivity index (χ3v) is 6.03. The molecule has 0 aromatic heterocycles. The molecule has 0 aliphatic carbocycles. The Labute approximate surface area is 195 Å². The van der Waals surface area contributed by atoms with Crippen molar-refractivity contribution in [1.82, 2.24) is 4.90 Å². The van der Waals surface area contributed by atoms with Crippen LogP contribution in [0.25, 0.3) is 0 Å². The summed E-state index contributed by atoms with van der Waals surface area (Å²) in [7, 11) is 9.89. The molecule has 8 heteroatoms. The van der Waals surface area contributed by atoms with Gasteiger partial charge in [-0.05, 0) is 18.6 Å². The van der Waals surface area contributed by atoms with Gasteiger partial charge >= 0.3 is 0 Å². The zero-order chi connectivity index (χ0) is 23.5. The quantitative estimate of drug-likeness (QED) is 0.206. The lowest BCUT2D eigenvalue weighted by molar-refractivity contribution is -0.163. The van der Waals surface area contributed by atoms with Gasteiger partial charge in [0.1, 0.15) is 24.4 Å². The first-order valence-corrected chi connectivity index (χ1v) is 12.1. The highest BCUT2D eigenvalue weighted by atomic mass is 32.1. The summed E-state index contributed by atoms with van der Waals surface area (Å²) in [6.45, 7) is 0.789. The minimum atomic E-state index is -0.409. The molecule has 4 atom stereocenters. The molecule has 0 aromatic carbocycles. The van der Waals surface area contributed by atoms with Crippen LogP contribution in [0.2, 0.25) is 0 Å². The molecule has 186 valence electrons. The zero-order valence-electron chi connectivity index (χ0n) is 20.6. The summed E-state index contributed by atoms with van der Waals surface area (Å²) in [5, 5.41) is 0. The van der Waals surface area contributed by atoms with Gasteiger partial charge < -0.3 is 28.6 Å². The van der Waals surface area contributed by atoms with Gasteiger partial charge in [0, 0.05) is 55.6 Å². The first kappa shape index (κ1) is 30.6. The number of likely N-dealkylation sites (N-methyl/N-ethyl adjacent to an activating group) is 1. The summed E-state index contributed by atoms with van der Waals surface area (Å²) in [6, 6.07) is 0. The monoisotopic (exact) mass is 465 g/mol. The van der Waals surface area contributed by atoms with Gasteiger partial charge in [0.15, 0.2) is 0 Å². The second-order valence-corrected chi connectivity index (χ2v) is 8.43. The van der Waals surface area contributed by atoms with Crippen LogP contribution in [0.5, 0.6) is 0 Å². The number of hydrogen-bond donors (Lipinski definition) is 1. The maximum atomic E-state index is 12.6. The number of carbonyl (C=O) groups excluding carboxylic acids is 1. The fourth-order valence-electron chi connectivity index (χ4n) is 3.78. The van der Waals surface area contributed by atoms with Gasteiger partial charge in [-0.2, -0.15) is 12.6 Å². The Morgan fingerprint density at radius 3 is 1.68 bits per heavy atom. The minimum absolute atomic E-state index is 0.125. The van der Waals surface area contributed by atoms with E-state index in [1.165, 1.54) is 38.5 Å². The van der Waals surface area contributed by atoms with Crippen molar-refractivity contribution < 1.29 is 28.5 Å². The average molecular weight is 466 g/mol. The van der Waals surface area contributed by atoms with Gasteiger partial charge in [-0.25, -0.2) is 0 Å². The van der Waals surface area contributed by atoms with Crippen molar-refractivity contribution in [3.63, 3.8) is 0 Å². The van der Waals surface area contributed by atoms with Crippen LogP contribution >= 0.6 is 12.6 Å². The van der Waals surface area contributed by atoms with E-state index < -0.39 is 12.2 Å². The van der Waals surface area contributed by atoms with E-state index in [-0.39, 0.29) is 18.1 Å². The van der Waals surface area contributed by atoms with Gasteiger partial charge in [0.2, 0.25) is 5.91 Å². The molecule has 1 amide bonds. The Morgan fingerprint density at radius 1 is 0.742 bits per heavy atom. The Kier molecular flexibility index (Phi) is 20.0. The largest absolute Gasteiger partial charge is 0.382 e. The van der Waals surface area contributed by atoms with Gasteiger partial charge in [0.05, 0.1) is 6.61 Å². The van der Waals surface area contributed by atoms with Crippen molar-refractivity contribution in [2.75, 3.05) is 61.5 Å². The summed E-state index contributed by atoms with van der Waals surface area (Å²) >= 11 is 4.24. The molecular weight excluding hydrogens is 418 g/mol. The topological polar surface area (TPSA) is 66.5 Å². The molecule has 0 rings (SSSR count). The summed E-state index contributed by atoms with van der Waals surface area (Å²) in [4.78, 5) is 14.3. The van der Waals surface area contributed by atoms with Crippen LogP contribution in [0.15, 0.2) is 0 Å². The lowest BCUT2D eigenvalue weighted by Crippen LogP contribution is -2.53. The molecule has 0 saturated heterocycles. The second-order valence-electron chi connectivity index (χ2n) is 7.98. The Balaban J connectivity index is 4.48. The maximum Gasteiger partial charge on any atom is 0.222 e. The van der Waals surface area contributed by atoms with Crippen molar-refractivity contribution in [3.05, 3.63) is 0 Å². The highest BCUT2D eigenvalue weighted by Gasteiger charge is 2.37. The molecule has 7 nitrogen and oxygen atoms in total. The predicted molar refractivity (Wildman–Crippen MR) is 128 cm³/mol. The molecule has 0 radical (unpaired) electrons. The third kappa shape index (κ3) is 13.0. The summed E-state index contributed by atoms with van der Waals surface area (Å²) in [5.41, 5.74) is 0. The first-order valence-electron chi connectivity index (χ1n) is 11.5. The predicted octanol–water partition coefficient (Wildman–Crippen LogP) is 3.59. The van der Waals surface area contributed by atoms with Crippen LogP contribution in [-0.2, 0) is 28.5 Å². The molecule has 0 unspecified atom stereocenters. The Bertz CT molecular complexity index is 429. The molecule has 0 heterocycles. The summed E-state index contributed by atoms with van der Waals surface area (Å²) in [6.07, 6.45) is 8.61. The zero-order valence-corrected chi connectivity index (χ0v) is 21.5.